The SMILES string of the molecule is O=c1[nH]c(-c2c(F)cc(Br)c(F)c2Br)nc2ccccc12. The molecule has 0 radical (unpaired) electrons. The number of benzene rings is 2. The van der Waals surface area contributed by atoms with E-state index in [1.807, 2.05) is 0 Å². The summed E-state index contributed by atoms with van der Waals surface area (Å²) in [5.41, 5.74) is -0.130. The van der Waals surface area contributed by atoms with Gasteiger partial charge in [-0.2, -0.15) is 0 Å². The van der Waals surface area contributed by atoms with Crippen LogP contribution in [0, 0.1) is 11.6 Å². The zero-order valence-electron chi connectivity index (χ0n) is 10.3. The molecular weight excluding hydrogens is 410 g/mol. The standard InChI is InChI=1S/C14H6Br2F2N2O/c15-7-5-8(17)10(11(16)12(7)18)13-19-9-4-2-1-3-6(9)14(21)20-13/h1-5H,(H,19,20,21). The normalized spacial score (nSPS) is 11.0. The van der Waals surface area contributed by atoms with Gasteiger partial charge in [-0.1, -0.05) is 12.1 Å². The van der Waals surface area contributed by atoms with E-state index in [1.165, 1.54) is 0 Å². The summed E-state index contributed by atoms with van der Waals surface area (Å²) < 4.78 is 27.9. The number of aromatic nitrogens is 2. The molecule has 3 aromatic rings. The molecule has 0 unspecified atom stereocenters. The van der Waals surface area contributed by atoms with Crippen LogP contribution < -0.4 is 5.56 Å². The number of fused-ring (bicyclic) bond motifs is 1. The van der Waals surface area contributed by atoms with Gasteiger partial charge >= 0.3 is 0 Å². The summed E-state index contributed by atoms with van der Waals surface area (Å²) in [6.45, 7) is 0. The first kappa shape index (κ1) is 14.3. The van der Waals surface area contributed by atoms with Crippen LogP contribution in [0.3, 0.4) is 0 Å². The fourth-order valence-electron chi connectivity index (χ4n) is 1.99. The molecule has 0 spiro atoms. The third-order valence-corrected chi connectivity index (χ3v) is 4.29. The molecule has 1 N–H and O–H groups in total. The van der Waals surface area contributed by atoms with Crippen LogP contribution in [0.25, 0.3) is 22.3 Å². The predicted molar refractivity (Wildman–Crippen MR) is 83.1 cm³/mol. The quantitative estimate of drug-likeness (QED) is 0.473. The molecule has 0 atom stereocenters. The molecule has 0 fully saturated rings. The van der Waals surface area contributed by atoms with E-state index in [0.717, 1.165) is 6.07 Å². The Labute approximate surface area is 134 Å². The lowest BCUT2D eigenvalue weighted by molar-refractivity contribution is 0.590. The van der Waals surface area contributed by atoms with E-state index in [9.17, 15) is 13.6 Å². The van der Waals surface area contributed by atoms with Crippen LogP contribution in [0.4, 0.5) is 8.78 Å². The molecule has 0 aliphatic heterocycles. The molecule has 7 heteroatoms. The van der Waals surface area contributed by atoms with Crippen molar-refractivity contribution in [3.05, 3.63) is 61.3 Å². The average Bonchev–Trinajstić information content (AvgIpc) is 2.45. The van der Waals surface area contributed by atoms with E-state index in [-0.39, 0.29) is 20.3 Å². The Morgan fingerprint density at radius 3 is 2.62 bits per heavy atom. The number of halogens is 4. The lowest BCUT2D eigenvalue weighted by Gasteiger charge is -2.08. The van der Waals surface area contributed by atoms with Gasteiger partial charge in [-0.05, 0) is 50.1 Å². The Morgan fingerprint density at radius 2 is 1.86 bits per heavy atom. The third-order valence-electron chi connectivity index (χ3n) is 2.96. The number of aromatic amines is 1. The van der Waals surface area contributed by atoms with Crippen LogP contribution in [0.5, 0.6) is 0 Å². The van der Waals surface area contributed by atoms with E-state index in [2.05, 4.69) is 41.8 Å². The van der Waals surface area contributed by atoms with Crippen LogP contribution in [-0.2, 0) is 0 Å². The number of H-pyrrole nitrogens is 1. The number of para-hydroxylation sites is 1. The molecular formula is C14H6Br2F2N2O. The Hall–Kier alpha value is -1.60. The molecule has 2 aromatic carbocycles. The van der Waals surface area contributed by atoms with Crippen LogP contribution in [0.1, 0.15) is 0 Å². The van der Waals surface area contributed by atoms with E-state index in [0.29, 0.717) is 10.9 Å². The molecule has 1 heterocycles. The minimum Gasteiger partial charge on any atom is -0.306 e. The maximum atomic E-state index is 14.1. The zero-order valence-corrected chi connectivity index (χ0v) is 13.4. The number of nitrogens with zero attached hydrogens (tertiary/aromatic N) is 1. The molecule has 3 rings (SSSR count). The maximum absolute atomic E-state index is 14.1. The van der Waals surface area contributed by atoms with Crippen molar-refractivity contribution < 1.29 is 8.78 Å². The van der Waals surface area contributed by atoms with E-state index in [1.54, 1.807) is 24.3 Å². The second-order valence-corrected chi connectivity index (χ2v) is 5.92. The van der Waals surface area contributed by atoms with Crippen LogP contribution >= 0.6 is 31.9 Å². The molecule has 21 heavy (non-hydrogen) atoms. The molecule has 0 amide bonds. The molecule has 1 aromatic heterocycles. The van der Waals surface area contributed by atoms with E-state index >= 15 is 0 Å². The van der Waals surface area contributed by atoms with Gasteiger partial charge in [0.15, 0.2) is 5.82 Å². The Bertz CT molecular complexity index is 925. The van der Waals surface area contributed by atoms with Crippen LogP contribution in [0.2, 0.25) is 0 Å². The van der Waals surface area contributed by atoms with Gasteiger partial charge in [-0.3, -0.25) is 4.79 Å². The van der Waals surface area contributed by atoms with Gasteiger partial charge < -0.3 is 4.98 Å². The average molecular weight is 416 g/mol. The van der Waals surface area contributed by atoms with Gasteiger partial charge in [0.1, 0.15) is 11.6 Å². The van der Waals surface area contributed by atoms with E-state index in [4.69, 9.17) is 0 Å². The first-order valence-electron chi connectivity index (χ1n) is 5.81. The van der Waals surface area contributed by atoms with Crippen molar-refractivity contribution in [3.63, 3.8) is 0 Å². The van der Waals surface area contributed by atoms with Crippen molar-refractivity contribution in [2.24, 2.45) is 0 Å². The van der Waals surface area contributed by atoms with Crippen LogP contribution in [-0.4, -0.2) is 9.97 Å². The van der Waals surface area contributed by atoms with Gasteiger partial charge in [-0.15, -0.1) is 0 Å². The van der Waals surface area contributed by atoms with Gasteiger partial charge in [0, 0.05) is 0 Å². The fraction of sp³-hybridized carbons (Fsp3) is 0. The largest absolute Gasteiger partial charge is 0.306 e. The molecule has 0 aliphatic carbocycles. The topological polar surface area (TPSA) is 45.8 Å². The van der Waals surface area contributed by atoms with E-state index < -0.39 is 17.2 Å². The van der Waals surface area contributed by atoms with Gasteiger partial charge in [0.25, 0.3) is 5.56 Å². The highest BCUT2D eigenvalue weighted by Gasteiger charge is 2.19. The lowest BCUT2D eigenvalue weighted by Crippen LogP contribution is -2.10. The van der Waals surface area contributed by atoms with Gasteiger partial charge in [0.2, 0.25) is 0 Å². The monoisotopic (exact) mass is 414 g/mol. The second kappa shape index (κ2) is 5.31. The summed E-state index contributed by atoms with van der Waals surface area (Å²) in [6, 6.07) is 7.65. The van der Waals surface area contributed by atoms with Crippen molar-refractivity contribution in [2.45, 2.75) is 0 Å². The van der Waals surface area contributed by atoms with Crippen molar-refractivity contribution in [2.75, 3.05) is 0 Å². The number of hydrogen-bond donors (Lipinski definition) is 1. The molecule has 0 saturated carbocycles. The maximum Gasteiger partial charge on any atom is 0.259 e. The summed E-state index contributed by atoms with van der Waals surface area (Å²) >= 11 is 5.92. The molecule has 106 valence electrons. The molecule has 0 saturated heterocycles. The summed E-state index contributed by atoms with van der Waals surface area (Å²) in [4.78, 5) is 18.7. The molecule has 3 nitrogen and oxygen atoms in total. The predicted octanol–water partition coefficient (Wildman–Crippen LogP) is 4.39. The first-order valence-corrected chi connectivity index (χ1v) is 7.40. The van der Waals surface area contributed by atoms with Crippen molar-refractivity contribution in [3.8, 4) is 11.4 Å². The summed E-state index contributed by atoms with van der Waals surface area (Å²) in [5.74, 6) is -1.40. The highest BCUT2D eigenvalue weighted by molar-refractivity contribution is 9.11. The fourth-order valence-corrected chi connectivity index (χ4v) is 3.24. The smallest absolute Gasteiger partial charge is 0.259 e. The summed E-state index contributed by atoms with van der Waals surface area (Å²) in [5, 5.41) is 0.385. The second-order valence-electron chi connectivity index (χ2n) is 4.27. The Kier molecular flexibility index (Phi) is 3.62. The Balaban J connectivity index is 2.36. The number of rotatable bonds is 1. The van der Waals surface area contributed by atoms with Crippen molar-refractivity contribution in [1.82, 2.24) is 9.97 Å². The van der Waals surface area contributed by atoms with Crippen LogP contribution in [0.15, 0.2) is 44.1 Å². The number of hydrogen-bond acceptors (Lipinski definition) is 2. The summed E-state index contributed by atoms with van der Waals surface area (Å²) in [7, 11) is 0. The van der Waals surface area contributed by atoms with Gasteiger partial charge in [0.05, 0.1) is 25.4 Å². The van der Waals surface area contributed by atoms with Crippen molar-refractivity contribution in [1.29, 1.82) is 0 Å². The minimum atomic E-state index is -0.700. The van der Waals surface area contributed by atoms with Crippen molar-refractivity contribution >= 4 is 42.8 Å². The zero-order chi connectivity index (χ0) is 15.1. The highest BCUT2D eigenvalue weighted by Crippen LogP contribution is 2.35. The third kappa shape index (κ3) is 2.40. The van der Waals surface area contributed by atoms with Gasteiger partial charge in [-0.25, -0.2) is 13.8 Å². The molecule has 0 bridgehead atoms. The summed E-state index contributed by atoms with van der Waals surface area (Å²) in [6.07, 6.45) is 0. The Morgan fingerprint density at radius 1 is 1.14 bits per heavy atom. The number of nitrogens with one attached hydrogen (secondary N) is 1. The minimum absolute atomic E-state index is 0.0150. The molecule has 0 aliphatic rings. The highest BCUT2D eigenvalue weighted by atomic mass is 79.9. The lowest BCUT2D eigenvalue weighted by atomic mass is 10.1. The first-order chi connectivity index (χ1) is 9.99.